The monoisotopic (exact) mass is 153 g/mol. The fourth-order valence-electron chi connectivity index (χ4n) is 0.965. The number of anilines is 1. The molecule has 0 heterocycles. The van der Waals surface area contributed by atoms with Gasteiger partial charge in [0.1, 0.15) is 5.82 Å². The van der Waals surface area contributed by atoms with E-state index in [1.807, 2.05) is 13.8 Å². The predicted octanol–water partition coefficient (Wildman–Crippen LogP) is 2.57. The zero-order chi connectivity index (χ0) is 8.27. The van der Waals surface area contributed by atoms with Crippen LogP contribution in [0.1, 0.15) is 12.5 Å². The second-order valence-electron chi connectivity index (χ2n) is 2.51. The lowest BCUT2D eigenvalue weighted by atomic mass is 10.2. The molecule has 0 aliphatic heterocycles. The van der Waals surface area contributed by atoms with Crippen LogP contribution >= 0.6 is 0 Å². The molecule has 0 radical (unpaired) electrons. The smallest absolute Gasteiger partial charge is 0.146 e. The van der Waals surface area contributed by atoms with Crippen molar-refractivity contribution in [3.05, 3.63) is 29.6 Å². The summed E-state index contributed by atoms with van der Waals surface area (Å²) >= 11 is 0. The number of hydrogen-bond acceptors (Lipinski definition) is 1. The standard InChI is InChI=1S/C9H12FN/c1-3-11-9-6-7(2)4-5-8(9)10/h4-6,11H,3H2,1-2H3. The first kappa shape index (κ1) is 8.05. The number of halogens is 1. The van der Waals surface area contributed by atoms with E-state index in [1.54, 1.807) is 12.1 Å². The van der Waals surface area contributed by atoms with Crippen molar-refractivity contribution in [3.63, 3.8) is 0 Å². The van der Waals surface area contributed by atoms with E-state index in [0.717, 1.165) is 12.1 Å². The van der Waals surface area contributed by atoms with Gasteiger partial charge in [0.25, 0.3) is 0 Å². The molecule has 0 aromatic heterocycles. The molecule has 1 aromatic carbocycles. The third kappa shape index (κ3) is 1.93. The van der Waals surface area contributed by atoms with E-state index in [4.69, 9.17) is 0 Å². The number of rotatable bonds is 2. The van der Waals surface area contributed by atoms with Gasteiger partial charge < -0.3 is 5.32 Å². The van der Waals surface area contributed by atoms with Gasteiger partial charge in [0.15, 0.2) is 0 Å². The molecule has 1 nitrogen and oxygen atoms in total. The van der Waals surface area contributed by atoms with E-state index in [-0.39, 0.29) is 5.82 Å². The summed E-state index contributed by atoms with van der Waals surface area (Å²) in [7, 11) is 0. The predicted molar refractivity (Wildman–Crippen MR) is 45.3 cm³/mol. The highest BCUT2D eigenvalue weighted by Gasteiger charge is 1.98. The summed E-state index contributed by atoms with van der Waals surface area (Å²) in [6.07, 6.45) is 0. The summed E-state index contributed by atoms with van der Waals surface area (Å²) in [5.41, 5.74) is 1.66. The molecule has 1 rings (SSSR count). The van der Waals surface area contributed by atoms with Gasteiger partial charge in [-0.2, -0.15) is 0 Å². The minimum atomic E-state index is -0.183. The molecule has 0 aliphatic rings. The molecule has 0 saturated carbocycles. The van der Waals surface area contributed by atoms with E-state index >= 15 is 0 Å². The molecular formula is C9H12FN. The second-order valence-corrected chi connectivity index (χ2v) is 2.51. The maximum atomic E-state index is 12.9. The minimum Gasteiger partial charge on any atom is -0.383 e. The van der Waals surface area contributed by atoms with Crippen molar-refractivity contribution in [2.75, 3.05) is 11.9 Å². The van der Waals surface area contributed by atoms with Gasteiger partial charge in [-0.3, -0.25) is 0 Å². The molecule has 60 valence electrons. The van der Waals surface area contributed by atoms with Gasteiger partial charge in [-0.05, 0) is 31.5 Å². The summed E-state index contributed by atoms with van der Waals surface area (Å²) in [6, 6.07) is 5.04. The Labute approximate surface area is 66.2 Å². The average molecular weight is 153 g/mol. The van der Waals surface area contributed by atoms with Crippen LogP contribution in [0.2, 0.25) is 0 Å². The Bertz CT molecular complexity index is 245. The number of nitrogens with one attached hydrogen (secondary N) is 1. The van der Waals surface area contributed by atoms with Gasteiger partial charge in [0.05, 0.1) is 5.69 Å². The van der Waals surface area contributed by atoms with E-state index in [0.29, 0.717) is 5.69 Å². The molecule has 0 atom stereocenters. The first-order valence-corrected chi connectivity index (χ1v) is 3.74. The molecule has 0 fully saturated rings. The molecule has 11 heavy (non-hydrogen) atoms. The Hall–Kier alpha value is -1.05. The normalized spacial score (nSPS) is 9.73. The first-order valence-electron chi connectivity index (χ1n) is 3.74. The second kappa shape index (κ2) is 3.37. The molecule has 0 aliphatic carbocycles. The van der Waals surface area contributed by atoms with Crippen LogP contribution in [0.5, 0.6) is 0 Å². The summed E-state index contributed by atoms with van der Waals surface area (Å²) in [4.78, 5) is 0. The highest BCUT2D eigenvalue weighted by atomic mass is 19.1. The van der Waals surface area contributed by atoms with Crippen molar-refractivity contribution in [2.45, 2.75) is 13.8 Å². The van der Waals surface area contributed by atoms with Crippen LogP contribution in [0.15, 0.2) is 18.2 Å². The lowest BCUT2D eigenvalue weighted by Gasteiger charge is -2.04. The fourth-order valence-corrected chi connectivity index (χ4v) is 0.965. The number of benzene rings is 1. The van der Waals surface area contributed by atoms with Crippen molar-refractivity contribution in [2.24, 2.45) is 0 Å². The van der Waals surface area contributed by atoms with Crippen molar-refractivity contribution in [1.82, 2.24) is 0 Å². The SMILES string of the molecule is CCNc1cc(C)ccc1F. The van der Waals surface area contributed by atoms with E-state index < -0.39 is 0 Å². The Morgan fingerprint density at radius 1 is 1.45 bits per heavy atom. The van der Waals surface area contributed by atoms with Crippen molar-refractivity contribution in [3.8, 4) is 0 Å². The Morgan fingerprint density at radius 3 is 2.82 bits per heavy atom. The molecule has 0 unspecified atom stereocenters. The largest absolute Gasteiger partial charge is 0.383 e. The highest BCUT2D eigenvalue weighted by molar-refractivity contribution is 5.46. The molecule has 1 aromatic rings. The van der Waals surface area contributed by atoms with Crippen LogP contribution in [-0.4, -0.2) is 6.54 Å². The first-order chi connectivity index (χ1) is 5.24. The molecule has 2 heteroatoms. The van der Waals surface area contributed by atoms with Gasteiger partial charge in [-0.15, -0.1) is 0 Å². The Balaban J connectivity index is 2.93. The molecule has 0 amide bonds. The quantitative estimate of drug-likeness (QED) is 0.688. The topological polar surface area (TPSA) is 12.0 Å². The summed E-state index contributed by atoms with van der Waals surface area (Å²) in [5, 5.41) is 2.94. The van der Waals surface area contributed by atoms with Crippen molar-refractivity contribution in [1.29, 1.82) is 0 Å². The highest BCUT2D eigenvalue weighted by Crippen LogP contribution is 2.14. The zero-order valence-corrected chi connectivity index (χ0v) is 6.82. The van der Waals surface area contributed by atoms with Crippen LogP contribution < -0.4 is 5.32 Å². The summed E-state index contributed by atoms with van der Waals surface area (Å²) in [5.74, 6) is -0.183. The average Bonchev–Trinajstić information content (AvgIpc) is 1.98. The lowest BCUT2D eigenvalue weighted by Crippen LogP contribution is -1.99. The third-order valence-electron chi connectivity index (χ3n) is 1.49. The molecule has 0 bridgehead atoms. The lowest BCUT2D eigenvalue weighted by molar-refractivity contribution is 0.630. The van der Waals surface area contributed by atoms with E-state index in [2.05, 4.69) is 5.32 Å². The van der Waals surface area contributed by atoms with Gasteiger partial charge >= 0.3 is 0 Å². The van der Waals surface area contributed by atoms with Gasteiger partial charge in [-0.1, -0.05) is 6.07 Å². The maximum Gasteiger partial charge on any atom is 0.146 e. The van der Waals surface area contributed by atoms with Crippen LogP contribution in [0, 0.1) is 12.7 Å². The summed E-state index contributed by atoms with van der Waals surface area (Å²) in [6.45, 7) is 4.64. The molecule has 0 saturated heterocycles. The van der Waals surface area contributed by atoms with Crippen molar-refractivity contribution >= 4 is 5.69 Å². The number of hydrogen-bond donors (Lipinski definition) is 1. The fraction of sp³-hybridized carbons (Fsp3) is 0.333. The van der Waals surface area contributed by atoms with Crippen LogP contribution in [0.3, 0.4) is 0 Å². The number of aryl methyl sites for hydroxylation is 1. The van der Waals surface area contributed by atoms with Gasteiger partial charge in [-0.25, -0.2) is 4.39 Å². The van der Waals surface area contributed by atoms with Crippen LogP contribution in [0.4, 0.5) is 10.1 Å². The van der Waals surface area contributed by atoms with Gasteiger partial charge in [0, 0.05) is 6.54 Å². The van der Waals surface area contributed by atoms with E-state index in [1.165, 1.54) is 6.07 Å². The minimum absolute atomic E-state index is 0.183. The zero-order valence-electron chi connectivity index (χ0n) is 6.82. The Kier molecular flexibility index (Phi) is 2.47. The van der Waals surface area contributed by atoms with Gasteiger partial charge in [0.2, 0.25) is 0 Å². The Morgan fingerprint density at radius 2 is 2.18 bits per heavy atom. The van der Waals surface area contributed by atoms with E-state index in [9.17, 15) is 4.39 Å². The molecule has 0 spiro atoms. The van der Waals surface area contributed by atoms with Crippen molar-refractivity contribution < 1.29 is 4.39 Å². The van der Waals surface area contributed by atoms with Crippen LogP contribution in [-0.2, 0) is 0 Å². The van der Waals surface area contributed by atoms with Crippen LogP contribution in [0.25, 0.3) is 0 Å². The summed E-state index contributed by atoms with van der Waals surface area (Å²) < 4.78 is 12.9. The molecule has 1 N–H and O–H groups in total. The maximum absolute atomic E-state index is 12.9. The third-order valence-corrected chi connectivity index (χ3v) is 1.49. The molecular weight excluding hydrogens is 141 g/mol.